The van der Waals surface area contributed by atoms with Gasteiger partial charge in [0, 0.05) is 0 Å². The fraction of sp³-hybridized carbons (Fsp3) is 1.00. The van der Waals surface area contributed by atoms with Crippen LogP contribution in [0.1, 0.15) is 45.4 Å². The monoisotopic (exact) mass is 338 g/mol. The van der Waals surface area contributed by atoms with E-state index in [1.807, 2.05) is 0 Å². The first kappa shape index (κ1) is 25.6. The van der Waals surface area contributed by atoms with Crippen LogP contribution in [0.15, 0.2) is 0 Å². The molecule has 0 aliphatic rings. The van der Waals surface area contributed by atoms with Crippen molar-refractivity contribution in [2.45, 2.75) is 45.4 Å². The molecule has 0 saturated heterocycles. The summed E-state index contributed by atoms with van der Waals surface area (Å²) in [5, 5.41) is 0. The number of unbranched alkanes of at least 4 members (excludes halogenated alkanes) is 5. The normalized spacial score (nSPS) is 11.5. The fourth-order valence-corrected chi connectivity index (χ4v) is 3.28. The van der Waals surface area contributed by atoms with Gasteiger partial charge in [-0.05, 0) is 6.42 Å². The predicted molar refractivity (Wildman–Crippen MR) is 74.6 cm³/mol. The van der Waals surface area contributed by atoms with Gasteiger partial charge in [0.15, 0.2) is 0 Å². The number of phosphoric acid groups is 1. The maximum absolute atomic E-state index is 11.0. The third kappa shape index (κ3) is 18.7. The molecule has 0 amide bonds. The van der Waals surface area contributed by atoms with Crippen LogP contribution in [0.3, 0.4) is 0 Å². The van der Waals surface area contributed by atoms with Crippen molar-refractivity contribution in [3.05, 3.63) is 0 Å². The van der Waals surface area contributed by atoms with Crippen molar-refractivity contribution < 1.29 is 26.7 Å². The van der Waals surface area contributed by atoms with Gasteiger partial charge in [-0.3, -0.25) is 0 Å². The van der Waals surface area contributed by atoms with E-state index in [0.717, 1.165) is 32.1 Å². The minimum atomic E-state index is -4.94. The molecule has 10 heteroatoms. The standard InChI is InChI=1S/C8H19O6PS.K.Na.2H/c1-2-3-4-5-6-7-8-16(12,13)14-15(9,10)11;;;;/h2-8H2,1H3,(H2,9,10,11);;;;. The molecular weight excluding hydrogens is 317 g/mol. The average Bonchev–Trinajstić information content (AvgIpc) is 2.06. The molecule has 0 spiro atoms. The van der Waals surface area contributed by atoms with Gasteiger partial charge in [-0.2, -0.15) is 12.4 Å². The molecule has 0 heterocycles. The van der Waals surface area contributed by atoms with Crippen molar-refractivity contribution in [1.82, 2.24) is 0 Å². The van der Waals surface area contributed by atoms with E-state index in [1.54, 1.807) is 0 Å². The van der Waals surface area contributed by atoms with Gasteiger partial charge >= 0.3 is 88.8 Å². The first-order chi connectivity index (χ1) is 7.27. The Morgan fingerprint density at radius 2 is 1.50 bits per heavy atom. The van der Waals surface area contributed by atoms with E-state index in [0.29, 0.717) is 6.42 Å². The van der Waals surface area contributed by atoms with Crippen LogP contribution in [0.25, 0.3) is 0 Å². The van der Waals surface area contributed by atoms with Crippen molar-refractivity contribution in [2.75, 3.05) is 5.75 Å². The molecule has 2 N–H and O–H groups in total. The van der Waals surface area contributed by atoms with Crippen LogP contribution in [-0.2, 0) is 18.7 Å². The number of rotatable bonds is 9. The Balaban J connectivity index is -0.00000112. The molecule has 18 heavy (non-hydrogen) atoms. The summed E-state index contributed by atoms with van der Waals surface area (Å²) in [5.41, 5.74) is 0. The summed E-state index contributed by atoms with van der Waals surface area (Å²) in [6.07, 6.45) is 5.30. The molecule has 0 unspecified atom stereocenters. The van der Waals surface area contributed by atoms with Crippen LogP contribution in [0.5, 0.6) is 0 Å². The third-order valence-corrected chi connectivity index (χ3v) is 4.43. The van der Waals surface area contributed by atoms with Crippen molar-refractivity contribution in [3.63, 3.8) is 0 Å². The second-order valence-corrected chi connectivity index (χ2v) is 6.70. The quantitative estimate of drug-likeness (QED) is 0.360. The minimum absolute atomic E-state index is 0. The fourth-order valence-electron chi connectivity index (χ4n) is 1.24. The van der Waals surface area contributed by atoms with E-state index in [9.17, 15) is 13.0 Å². The van der Waals surface area contributed by atoms with Crippen LogP contribution in [0.2, 0.25) is 0 Å². The Morgan fingerprint density at radius 1 is 1.06 bits per heavy atom. The van der Waals surface area contributed by atoms with E-state index in [1.165, 1.54) is 0 Å². The van der Waals surface area contributed by atoms with Crippen molar-refractivity contribution in [2.24, 2.45) is 0 Å². The van der Waals surface area contributed by atoms with E-state index >= 15 is 0 Å². The zero-order valence-electron chi connectivity index (χ0n) is 9.33. The SMILES string of the molecule is CCCCCCCCS(=O)(=O)OP(=O)(O)O.[KH].[NaH]. The molecular formula is C8H21KNaO6PS. The van der Waals surface area contributed by atoms with E-state index in [2.05, 4.69) is 10.9 Å². The van der Waals surface area contributed by atoms with Gasteiger partial charge in [-0.25, -0.2) is 4.57 Å². The summed E-state index contributed by atoms with van der Waals surface area (Å²) in [5.74, 6) is -0.343. The molecule has 6 nitrogen and oxygen atoms in total. The summed E-state index contributed by atoms with van der Waals surface area (Å²) < 4.78 is 36.0. The molecule has 0 saturated carbocycles. The molecule has 0 rings (SSSR count). The summed E-state index contributed by atoms with van der Waals surface area (Å²) in [4.78, 5) is 16.7. The van der Waals surface area contributed by atoms with E-state index < -0.39 is 17.9 Å². The second kappa shape index (κ2) is 13.4. The molecule has 0 fully saturated rings. The van der Waals surface area contributed by atoms with Gasteiger partial charge in [0.2, 0.25) is 0 Å². The summed E-state index contributed by atoms with van der Waals surface area (Å²) in [6, 6.07) is 0. The van der Waals surface area contributed by atoms with Gasteiger partial charge in [-0.15, -0.1) is 0 Å². The van der Waals surface area contributed by atoms with Crippen LogP contribution in [-0.4, -0.2) is 105 Å². The van der Waals surface area contributed by atoms with Gasteiger partial charge < -0.3 is 9.79 Å². The first-order valence-electron chi connectivity index (χ1n) is 5.26. The Kier molecular flexibility index (Phi) is 19.0. The summed E-state index contributed by atoms with van der Waals surface area (Å²) in [6.45, 7) is 2.08. The average molecular weight is 338 g/mol. The Bertz CT molecular complexity index is 330. The zero-order valence-corrected chi connectivity index (χ0v) is 11.0. The zero-order chi connectivity index (χ0) is 12.7. The van der Waals surface area contributed by atoms with Crippen LogP contribution in [0, 0.1) is 0 Å². The van der Waals surface area contributed by atoms with E-state index in [4.69, 9.17) is 9.79 Å². The van der Waals surface area contributed by atoms with Gasteiger partial charge in [0.1, 0.15) is 0 Å². The molecule has 0 bridgehead atoms. The van der Waals surface area contributed by atoms with Gasteiger partial charge in [0.05, 0.1) is 5.75 Å². The number of hydrogen-bond acceptors (Lipinski definition) is 4. The molecule has 0 aromatic rings. The van der Waals surface area contributed by atoms with Gasteiger partial charge in [-0.1, -0.05) is 39.0 Å². The first-order valence-corrected chi connectivity index (χ1v) is 8.37. The van der Waals surface area contributed by atoms with Gasteiger partial charge in [0.25, 0.3) is 10.1 Å². The Hall–Kier alpha value is 2.70. The second-order valence-electron chi connectivity index (χ2n) is 3.59. The molecule has 0 aliphatic carbocycles. The third-order valence-electron chi connectivity index (χ3n) is 1.96. The van der Waals surface area contributed by atoms with Crippen LogP contribution in [0.4, 0.5) is 0 Å². The molecule has 0 aromatic heterocycles. The van der Waals surface area contributed by atoms with E-state index in [-0.39, 0.29) is 86.7 Å². The molecule has 0 aromatic carbocycles. The number of hydrogen-bond donors (Lipinski definition) is 2. The topological polar surface area (TPSA) is 101 Å². The van der Waals surface area contributed by atoms with Crippen molar-refractivity contribution >= 4 is 98.9 Å². The molecule has 0 aliphatic heterocycles. The van der Waals surface area contributed by atoms with Crippen LogP contribution >= 0.6 is 7.82 Å². The molecule has 0 radical (unpaired) electrons. The van der Waals surface area contributed by atoms with Crippen molar-refractivity contribution in [3.8, 4) is 0 Å². The molecule has 0 atom stereocenters. The summed E-state index contributed by atoms with van der Waals surface area (Å²) in [7, 11) is -9.04. The summed E-state index contributed by atoms with van der Waals surface area (Å²) >= 11 is 0. The maximum atomic E-state index is 11.0. The predicted octanol–water partition coefficient (Wildman–Crippen LogP) is 0.489. The Labute approximate surface area is 174 Å². The van der Waals surface area contributed by atoms with Crippen molar-refractivity contribution in [1.29, 1.82) is 0 Å². The molecule has 102 valence electrons. The van der Waals surface area contributed by atoms with Crippen LogP contribution < -0.4 is 0 Å². The Morgan fingerprint density at radius 3 is 1.94 bits per heavy atom.